The van der Waals surface area contributed by atoms with E-state index in [1.54, 1.807) is 7.05 Å². The van der Waals surface area contributed by atoms with Crippen LogP contribution < -0.4 is 5.73 Å². The van der Waals surface area contributed by atoms with Crippen LogP contribution in [0.25, 0.3) is 0 Å². The average Bonchev–Trinajstić information content (AvgIpc) is 2.21. The fourth-order valence-electron chi connectivity index (χ4n) is 2.29. The number of rotatable bonds is 3. The van der Waals surface area contributed by atoms with Gasteiger partial charge in [-0.2, -0.15) is 0 Å². The van der Waals surface area contributed by atoms with Crippen molar-refractivity contribution in [2.45, 2.75) is 52.1 Å². The van der Waals surface area contributed by atoms with Gasteiger partial charge in [-0.25, -0.2) is 0 Å². The van der Waals surface area contributed by atoms with E-state index >= 15 is 0 Å². The summed E-state index contributed by atoms with van der Waals surface area (Å²) in [6, 6.07) is 0. The Balaban J connectivity index is 2.78. The second kappa shape index (κ2) is 4.52. The van der Waals surface area contributed by atoms with Gasteiger partial charge in [0, 0.05) is 13.7 Å². The number of ether oxygens (including phenoxy) is 1. The van der Waals surface area contributed by atoms with Crippen LogP contribution in [-0.4, -0.2) is 25.1 Å². The summed E-state index contributed by atoms with van der Waals surface area (Å²) in [5, 5.41) is 0. The third kappa shape index (κ3) is 2.71. The van der Waals surface area contributed by atoms with Crippen molar-refractivity contribution in [2.24, 2.45) is 16.1 Å². The molecule has 2 N–H and O–H groups in total. The smallest absolute Gasteiger partial charge is 0.126 e. The lowest BCUT2D eigenvalue weighted by molar-refractivity contribution is -0.0340. The number of nitrogens with two attached hydrogens (primary N) is 1. The molecule has 0 radical (unpaired) electrons. The van der Waals surface area contributed by atoms with Crippen molar-refractivity contribution in [3.8, 4) is 0 Å². The first kappa shape index (κ1) is 12.5. The fourth-order valence-corrected chi connectivity index (χ4v) is 2.29. The maximum Gasteiger partial charge on any atom is 0.126 e. The fraction of sp³-hybridized carbons (Fsp3) is 0.917. The lowest BCUT2D eigenvalue weighted by Gasteiger charge is -2.42. The number of amidine groups is 1. The van der Waals surface area contributed by atoms with Gasteiger partial charge in [0.25, 0.3) is 0 Å². The van der Waals surface area contributed by atoms with E-state index in [1.807, 2.05) is 6.92 Å². The zero-order valence-corrected chi connectivity index (χ0v) is 10.5. The van der Waals surface area contributed by atoms with Crippen LogP contribution in [0.3, 0.4) is 0 Å². The van der Waals surface area contributed by atoms with Gasteiger partial charge >= 0.3 is 0 Å². The maximum atomic E-state index is 5.98. The normalized spacial score (nSPS) is 25.2. The summed E-state index contributed by atoms with van der Waals surface area (Å²) in [6.07, 6.45) is 4.31. The standard InChI is InChI=1S/C12H24N2O/c1-5-15-12(10(13)14-4)8-6-11(2,3)7-9-12/h5-9H2,1-4H3,(H2,13,14). The van der Waals surface area contributed by atoms with Crippen molar-refractivity contribution in [3.63, 3.8) is 0 Å². The van der Waals surface area contributed by atoms with Crippen LogP contribution >= 0.6 is 0 Å². The molecule has 1 aliphatic carbocycles. The minimum absolute atomic E-state index is 0.279. The first-order chi connectivity index (χ1) is 6.96. The molecule has 0 aromatic heterocycles. The minimum Gasteiger partial charge on any atom is -0.385 e. The van der Waals surface area contributed by atoms with Crippen LogP contribution in [0.2, 0.25) is 0 Å². The molecule has 0 spiro atoms. The molecule has 0 bridgehead atoms. The molecule has 1 aliphatic rings. The number of hydrogen-bond acceptors (Lipinski definition) is 2. The summed E-state index contributed by atoms with van der Waals surface area (Å²) in [6.45, 7) is 7.34. The zero-order valence-electron chi connectivity index (χ0n) is 10.5. The number of aliphatic imine (C=N–C) groups is 1. The first-order valence-corrected chi connectivity index (χ1v) is 5.82. The molecule has 0 aliphatic heterocycles. The Hall–Kier alpha value is -0.570. The Morgan fingerprint density at radius 1 is 1.27 bits per heavy atom. The summed E-state index contributed by atoms with van der Waals surface area (Å²) >= 11 is 0. The molecular weight excluding hydrogens is 188 g/mol. The lowest BCUT2D eigenvalue weighted by atomic mass is 9.70. The minimum atomic E-state index is -0.279. The molecule has 0 amide bonds. The Morgan fingerprint density at radius 3 is 2.20 bits per heavy atom. The number of hydrogen-bond donors (Lipinski definition) is 1. The summed E-state index contributed by atoms with van der Waals surface area (Å²) in [5.41, 5.74) is 6.13. The molecular formula is C12H24N2O. The molecule has 0 atom stereocenters. The van der Waals surface area contributed by atoms with E-state index in [9.17, 15) is 0 Å². The van der Waals surface area contributed by atoms with Crippen molar-refractivity contribution >= 4 is 5.84 Å². The highest BCUT2D eigenvalue weighted by atomic mass is 16.5. The number of nitrogens with zero attached hydrogens (tertiary/aromatic N) is 1. The van der Waals surface area contributed by atoms with Gasteiger partial charge in [0.1, 0.15) is 11.4 Å². The predicted molar refractivity (Wildman–Crippen MR) is 64.2 cm³/mol. The van der Waals surface area contributed by atoms with E-state index in [0.29, 0.717) is 17.9 Å². The van der Waals surface area contributed by atoms with Crippen LogP contribution in [0.15, 0.2) is 4.99 Å². The average molecular weight is 212 g/mol. The van der Waals surface area contributed by atoms with Gasteiger partial charge in [0.05, 0.1) is 0 Å². The molecule has 1 fully saturated rings. The third-order valence-electron chi connectivity index (χ3n) is 3.54. The highest BCUT2D eigenvalue weighted by Gasteiger charge is 2.41. The Morgan fingerprint density at radius 2 is 1.80 bits per heavy atom. The largest absolute Gasteiger partial charge is 0.385 e. The van der Waals surface area contributed by atoms with Crippen LogP contribution in [0.4, 0.5) is 0 Å². The molecule has 0 aromatic rings. The molecule has 0 aromatic carbocycles. The van der Waals surface area contributed by atoms with Crippen molar-refractivity contribution in [2.75, 3.05) is 13.7 Å². The zero-order chi connectivity index (χ0) is 11.5. The van der Waals surface area contributed by atoms with Gasteiger partial charge in [-0.15, -0.1) is 0 Å². The van der Waals surface area contributed by atoms with Crippen LogP contribution in [0.1, 0.15) is 46.5 Å². The summed E-state index contributed by atoms with van der Waals surface area (Å²) in [5.74, 6) is 0.667. The van der Waals surface area contributed by atoms with Gasteiger partial charge in [-0.3, -0.25) is 4.99 Å². The highest BCUT2D eigenvalue weighted by Crippen LogP contribution is 2.42. The molecule has 0 saturated heterocycles. The quantitative estimate of drug-likeness (QED) is 0.576. The maximum absolute atomic E-state index is 5.98. The second-order valence-corrected chi connectivity index (χ2v) is 5.20. The Bertz CT molecular complexity index is 236. The van der Waals surface area contributed by atoms with Crippen molar-refractivity contribution in [3.05, 3.63) is 0 Å². The van der Waals surface area contributed by atoms with Gasteiger partial charge in [0.2, 0.25) is 0 Å². The predicted octanol–water partition coefficient (Wildman–Crippen LogP) is 2.35. The Labute approximate surface area is 93.1 Å². The molecule has 1 rings (SSSR count). The van der Waals surface area contributed by atoms with Crippen LogP contribution in [0.5, 0.6) is 0 Å². The highest BCUT2D eigenvalue weighted by molar-refractivity contribution is 5.89. The molecule has 88 valence electrons. The van der Waals surface area contributed by atoms with E-state index in [0.717, 1.165) is 25.7 Å². The monoisotopic (exact) mass is 212 g/mol. The molecule has 3 nitrogen and oxygen atoms in total. The molecule has 3 heteroatoms. The van der Waals surface area contributed by atoms with E-state index in [1.165, 1.54) is 0 Å². The summed E-state index contributed by atoms with van der Waals surface area (Å²) in [4.78, 5) is 4.12. The van der Waals surface area contributed by atoms with Gasteiger partial charge in [-0.1, -0.05) is 13.8 Å². The van der Waals surface area contributed by atoms with Crippen LogP contribution in [0, 0.1) is 5.41 Å². The van der Waals surface area contributed by atoms with Crippen molar-refractivity contribution in [1.82, 2.24) is 0 Å². The van der Waals surface area contributed by atoms with Gasteiger partial charge in [-0.05, 0) is 38.0 Å². The van der Waals surface area contributed by atoms with E-state index in [-0.39, 0.29) is 5.60 Å². The molecule has 15 heavy (non-hydrogen) atoms. The second-order valence-electron chi connectivity index (χ2n) is 5.20. The van der Waals surface area contributed by atoms with Crippen molar-refractivity contribution in [1.29, 1.82) is 0 Å². The molecule has 0 heterocycles. The first-order valence-electron chi connectivity index (χ1n) is 5.82. The molecule has 1 saturated carbocycles. The van der Waals surface area contributed by atoms with Crippen molar-refractivity contribution < 1.29 is 4.74 Å². The molecule has 0 unspecified atom stereocenters. The van der Waals surface area contributed by atoms with E-state index in [2.05, 4.69) is 18.8 Å². The van der Waals surface area contributed by atoms with E-state index in [4.69, 9.17) is 10.5 Å². The Kier molecular flexibility index (Phi) is 3.77. The summed E-state index contributed by atoms with van der Waals surface area (Å²) < 4.78 is 5.86. The van der Waals surface area contributed by atoms with Gasteiger partial charge in [0.15, 0.2) is 0 Å². The SMILES string of the molecule is CCOC1(C(N)=NC)CCC(C)(C)CC1. The van der Waals surface area contributed by atoms with Gasteiger partial charge < -0.3 is 10.5 Å². The lowest BCUT2D eigenvalue weighted by Crippen LogP contribution is -2.50. The summed E-state index contributed by atoms with van der Waals surface area (Å²) in [7, 11) is 1.75. The van der Waals surface area contributed by atoms with E-state index < -0.39 is 0 Å². The third-order valence-corrected chi connectivity index (χ3v) is 3.54. The van der Waals surface area contributed by atoms with Crippen LogP contribution in [-0.2, 0) is 4.74 Å². The topological polar surface area (TPSA) is 47.6 Å².